The summed E-state index contributed by atoms with van der Waals surface area (Å²) in [5.74, 6) is 0. The van der Waals surface area contributed by atoms with Crippen molar-refractivity contribution in [3.05, 3.63) is 0 Å². The minimum absolute atomic E-state index is 0.139. The molecule has 54 valence electrons. The van der Waals surface area contributed by atoms with Crippen LogP contribution in [0.3, 0.4) is 0 Å². The van der Waals surface area contributed by atoms with Crippen molar-refractivity contribution in [2.75, 3.05) is 7.11 Å². The van der Waals surface area contributed by atoms with Crippen LogP contribution in [-0.2, 0) is 4.65 Å². The zero-order valence-corrected chi connectivity index (χ0v) is 5.80. The maximum Gasteiger partial charge on any atom is 0.633 e. The summed E-state index contributed by atoms with van der Waals surface area (Å²) in [4.78, 5) is 0. The Bertz CT molecular complexity index is 76.2. The summed E-state index contributed by atoms with van der Waals surface area (Å²) >= 11 is 3.33. The lowest BCUT2D eigenvalue weighted by atomic mass is 10.3. The van der Waals surface area contributed by atoms with E-state index in [1.807, 2.05) is 0 Å². The van der Waals surface area contributed by atoms with Gasteiger partial charge in [0.15, 0.2) is 0 Å². The molecule has 0 heterocycles. The van der Waals surface area contributed by atoms with Crippen LogP contribution in [0.2, 0.25) is 0 Å². The van der Waals surface area contributed by atoms with Crippen LogP contribution >= 0.6 is 12.6 Å². The molecule has 0 aromatic carbocycles. The van der Waals surface area contributed by atoms with Crippen molar-refractivity contribution < 1.29 is 14.7 Å². The Kier molecular flexibility index (Phi) is 9.96. The van der Waals surface area contributed by atoms with E-state index in [1.54, 1.807) is 0 Å². The molecular formula is C2H9BN2O3S. The first-order valence-corrected chi connectivity index (χ1v) is 2.37. The summed E-state index contributed by atoms with van der Waals surface area (Å²) in [5, 5.41) is 21.4. The number of nitrogens with one attached hydrogen (secondary N) is 1. The molecular weight excluding hydrogens is 143 g/mol. The molecule has 0 amide bonds. The van der Waals surface area contributed by atoms with Crippen LogP contribution in [-0.4, -0.2) is 29.6 Å². The van der Waals surface area contributed by atoms with E-state index in [9.17, 15) is 0 Å². The fraction of sp³-hybridized carbons (Fsp3) is 0.500. The zero-order chi connectivity index (χ0) is 7.86. The number of nitrogens with two attached hydrogens (primary N) is 1. The zero-order valence-electron chi connectivity index (χ0n) is 4.90. The number of hydrogen-bond donors (Lipinski definition) is 5. The average molecular weight is 152 g/mol. The quantitative estimate of drug-likeness (QED) is 0.135. The molecule has 0 unspecified atom stereocenters. The summed E-state index contributed by atoms with van der Waals surface area (Å²) in [7, 11) is -0.417. The Hall–Kier alpha value is -0.235. The van der Waals surface area contributed by atoms with Gasteiger partial charge in [-0.15, -0.1) is 12.6 Å². The third-order valence-electron chi connectivity index (χ3n) is 0.211. The van der Waals surface area contributed by atoms with E-state index in [1.165, 1.54) is 7.11 Å². The minimum Gasteiger partial charge on any atom is -0.402 e. The van der Waals surface area contributed by atoms with E-state index in [4.69, 9.17) is 15.5 Å². The van der Waals surface area contributed by atoms with Gasteiger partial charge in [0.1, 0.15) is 5.17 Å². The van der Waals surface area contributed by atoms with Gasteiger partial charge >= 0.3 is 7.32 Å². The standard InChI is InChI=1S/CH5BO3.CH4N2S/c1-5-2(3)4;2-1(3)4/h3-4H,1H3;(H4,2,3,4). The van der Waals surface area contributed by atoms with Crippen LogP contribution in [0.15, 0.2) is 0 Å². The molecule has 0 aromatic rings. The van der Waals surface area contributed by atoms with Gasteiger partial charge in [0, 0.05) is 7.11 Å². The molecule has 0 spiro atoms. The topological polar surface area (TPSA) is 99.6 Å². The Balaban J connectivity index is 0. The molecule has 0 aromatic heterocycles. The second kappa shape index (κ2) is 7.76. The summed E-state index contributed by atoms with van der Waals surface area (Å²) in [5.41, 5.74) is 4.56. The van der Waals surface area contributed by atoms with Crippen molar-refractivity contribution in [3.8, 4) is 0 Å². The van der Waals surface area contributed by atoms with Gasteiger partial charge in [-0.3, -0.25) is 5.41 Å². The summed E-state index contributed by atoms with van der Waals surface area (Å²) < 4.78 is 3.86. The Morgan fingerprint density at radius 1 is 1.78 bits per heavy atom. The van der Waals surface area contributed by atoms with Crippen LogP contribution in [0.25, 0.3) is 0 Å². The number of hydrogen-bond acceptors (Lipinski definition) is 4. The highest BCUT2D eigenvalue weighted by Gasteiger charge is 2.00. The van der Waals surface area contributed by atoms with Crippen LogP contribution in [0.1, 0.15) is 0 Å². The number of amidine groups is 1. The van der Waals surface area contributed by atoms with Gasteiger partial charge in [-0.2, -0.15) is 0 Å². The van der Waals surface area contributed by atoms with Gasteiger partial charge < -0.3 is 20.4 Å². The highest BCUT2D eigenvalue weighted by Crippen LogP contribution is 1.59. The van der Waals surface area contributed by atoms with E-state index in [2.05, 4.69) is 23.0 Å². The largest absolute Gasteiger partial charge is 0.633 e. The lowest BCUT2D eigenvalue weighted by Crippen LogP contribution is -2.12. The second-order valence-corrected chi connectivity index (χ2v) is 1.43. The van der Waals surface area contributed by atoms with Gasteiger partial charge in [-0.1, -0.05) is 0 Å². The number of rotatable bonds is 1. The average Bonchev–Trinajstić information content (AvgIpc) is 1.65. The summed E-state index contributed by atoms with van der Waals surface area (Å²) in [6.07, 6.45) is 0. The van der Waals surface area contributed by atoms with Gasteiger partial charge in [0.25, 0.3) is 0 Å². The lowest BCUT2D eigenvalue weighted by molar-refractivity contribution is 0.229. The molecule has 0 rings (SSSR count). The highest BCUT2D eigenvalue weighted by atomic mass is 32.1. The van der Waals surface area contributed by atoms with Crippen molar-refractivity contribution in [1.82, 2.24) is 0 Å². The van der Waals surface area contributed by atoms with E-state index in [-0.39, 0.29) is 5.17 Å². The van der Waals surface area contributed by atoms with Gasteiger partial charge in [0.05, 0.1) is 0 Å². The van der Waals surface area contributed by atoms with Crippen molar-refractivity contribution in [1.29, 1.82) is 5.41 Å². The molecule has 5 nitrogen and oxygen atoms in total. The molecule has 0 bridgehead atoms. The van der Waals surface area contributed by atoms with Gasteiger partial charge in [0.2, 0.25) is 0 Å². The molecule has 0 aliphatic carbocycles. The predicted molar refractivity (Wildman–Crippen MR) is 38.1 cm³/mol. The third-order valence-corrected chi connectivity index (χ3v) is 0.211. The first-order valence-electron chi connectivity index (χ1n) is 1.92. The third kappa shape index (κ3) is 82.8. The van der Waals surface area contributed by atoms with Crippen LogP contribution < -0.4 is 5.73 Å². The van der Waals surface area contributed by atoms with Crippen LogP contribution in [0.4, 0.5) is 0 Å². The summed E-state index contributed by atoms with van der Waals surface area (Å²) in [6.45, 7) is 0. The molecule has 0 radical (unpaired) electrons. The fourth-order valence-electron chi connectivity index (χ4n) is 0. The Morgan fingerprint density at radius 3 is 1.89 bits per heavy atom. The van der Waals surface area contributed by atoms with E-state index >= 15 is 0 Å². The normalized spacial score (nSPS) is 7.11. The van der Waals surface area contributed by atoms with Crippen LogP contribution in [0, 0.1) is 5.41 Å². The van der Waals surface area contributed by atoms with Crippen molar-refractivity contribution in [2.45, 2.75) is 0 Å². The minimum atomic E-state index is -1.62. The second-order valence-electron chi connectivity index (χ2n) is 0.947. The maximum absolute atomic E-state index is 7.69. The molecule has 5 N–H and O–H groups in total. The van der Waals surface area contributed by atoms with Gasteiger partial charge in [-0.25, -0.2) is 0 Å². The number of thiol groups is 1. The molecule has 0 aliphatic rings. The molecule has 0 fully saturated rings. The monoisotopic (exact) mass is 152 g/mol. The summed E-state index contributed by atoms with van der Waals surface area (Å²) in [6, 6.07) is 0. The van der Waals surface area contributed by atoms with E-state index in [0.717, 1.165) is 0 Å². The molecule has 0 atom stereocenters. The smallest absolute Gasteiger partial charge is 0.402 e. The van der Waals surface area contributed by atoms with Crippen molar-refractivity contribution in [3.63, 3.8) is 0 Å². The van der Waals surface area contributed by atoms with Gasteiger partial charge in [-0.05, 0) is 0 Å². The molecule has 0 saturated heterocycles. The predicted octanol–water partition coefficient (Wildman–Crippen LogP) is -1.59. The first-order chi connectivity index (χ1) is 4.00. The Morgan fingerprint density at radius 2 is 1.89 bits per heavy atom. The van der Waals surface area contributed by atoms with E-state index in [0.29, 0.717) is 0 Å². The Labute approximate surface area is 58.9 Å². The fourth-order valence-corrected chi connectivity index (χ4v) is 0. The molecule has 7 heteroatoms. The molecule has 9 heavy (non-hydrogen) atoms. The SMILES string of the molecule is COB(O)O.N=C(N)S. The first kappa shape index (κ1) is 11.5. The molecule has 0 saturated carbocycles. The van der Waals surface area contributed by atoms with Crippen LogP contribution in [0.5, 0.6) is 0 Å². The van der Waals surface area contributed by atoms with Crippen molar-refractivity contribution in [2.24, 2.45) is 5.73 Å². The maximum atomic E-state index is 7.69. The molecule has 0 aliphatic heterocycles. The lowest BCUT2D eigenvalue weighted by Gasteiger charge is -1.84. The highest BCUT2D eigenvalue weighted by molar-refractivity contribution is 7.96. The van der Waals surface area contributed by atoms with Crippen molar-refractivity contribution >= 4 is 25.1 Å². The van der Waals surface area contributed by atoms with E-state index < -0.39 is 7.32 Å².